The molecule has 0 saturated carbocycles. The molecule has 4 aromatic heterocycles. The quantitative estimate of drug-likeness (QED) is 0.0859. The molecule has 0 unspecified atom stereocenters. The van der Waals surface area contributed by atoms with E-state index in [1.165, 1.54) is 65.7 Å². The zero-order valence-electron chi connectivity index (χ0n) is 74.1. The highest BCUT2D eigenvalue weighted by Gasteiger charge is 2.25. The number of hydrogen-bond donors (Lipinski definition) is 0. The van der Waals surface area contributed by atoms with E-state index in [1.807, 2.05) is 12.1 Å². The van der Waals surface area contributed by atoms with Gasteiger partial charge in [0.1, 0.15) is 22.3 Å². The fraction of sp³-hybridized carbons (Fsp3) is 0. The van der Waals surface area contributed by atoms with Crippen molar-refractivity contribution in [1.29, 1.82) is 0 Å². The van der Waals surface area contributed by atoms with E-state index >= 15 is 0 Å². The zero-order valence-corrected chi connectivity index (χ0v) is 74.1. The molecule has 0 radical (unpaired) electrons. The third-order valence-electron chi connectivity index (χ3n) is 27.6. The van der Waals surface area contributed by atoms with Gasteiger partial charge < -0.3 is 27.8 Å². The van der Waals surface area contributed by atoms with Crippen LogP contribution in [0.1, 0.15) is 0 Å². The highest BCUT2D eigenvalue weighted by molar-refractivity contribution is 6.16. The maximum Gasteiger partial charge on any atom is 0.143 e. The van der Waals surface area contributed by atoms with E-state index in [9.17, 15) is 0 Å². The van der Waals surface area contributed by atoms with Crippen molar-refractivity contribution in [2.45, 2.75) is 0 Å². The Balaban J connectivity index is 0.518. The van der Waals surface area contributed by atoms with Gasteiger partial charge in [-0.3, -0.25) is 0 Å². The Bertz CT molecular complexity index is 8980. The first-order valence-corrected chi connectivity index (χ1v) is 46.6. The number of benzene rings is 22. The minimum atomic E-state index is 0.854. The van der Waals surface area contributed by atoms with Crippen molar-refractivity contribution in [3.8, 4) is 123 Å². The molecule has 6 nitrogen and oxygen atoms in total. The molecule has 0 N–H and O–H groups in total. The molecule has 26 rings (SSSR count). The van der Waals surface area contributed by atoms with Crippen LogP contribution in [-0.4, -0.2) is 9.13 Å². The lowest BCUT2D eigenvalue weighted by Crippen LogP contribution is -2.09. The second-order valence-corrected chi connectivity index (χ2v) is 35.3. The van der Waals surface area contributed by atoms with E-state index in [0.717, 1.165) is 189 Å². The molecule has 4 heterocycles. The van der Waals surface area contributed by atoms with Gasteiger partial charge in [0.2, 0.25) is 0 Å². The topological polar surface area (TPSA) is 42.6 Å². The van der Waals surface area contributed by atoms with E-state index < -0.39 is 0 Å². The summed E-state index contributed by atoms with van der Waals surface area (Å²) in [5, 5.41) is 11.7. The summed E-state index contributed by atoms with van der Waals surface area (Å²) in [4.78, 5) is 4.75. The van der Waals surface area contributed by atoms with Crippen LogP contribution in [0.15, 0.2) is 518 Å². The highest BCUT2D eigenvalue weighted by atomic mass is 16.3. The van der Waals surface area contributed by atoms with Gasteiger partial charge in [0, 0.05) is 99.5 Å². The molecule has 0 aliphatic rings. The van der Waals surface area contributed by atoms with Crippen molar-refractivity contribution in [2.24, 2.45) is 0 Å². The SMILES string of the molecule is c1ccc(-c2ccc(-c3ccc(N(c4ccc(-c5ccc(-c6cc(-c7ccc(-c8ccc(N(c9ccc(-c%10ccc(-c%11cccc%12c%11oc%11ccccc%11%12)cc%10)cc9)c9ccc(-c%10ccccc%10-n%10c%11ccccc%11c%11ccccc%11%10)cc9)cc8)c8ccccc78)cc7c6oc6ccccc67)cc5)cc4)c4ccc(-c5ccccc5-n5c6ccccc6c6ccccc65)cc4)cc3)cc2)cc1. The summed E-state index contributed by atoms with van der Waals surface area (Å²) in [7, 11) is 0. The molecule has 0 amide bonds. The molecular weight excluding hydrogens is 1650 g/mol. The fourth-order valence-corrected chi connectivity index (χ4v) is 21.0. The first-order valence-electron chi connectivity index (χ1n) is 46.6. The van der Waals surface area contributed by atoms with Crippen LogP contribution in [0.4, 0.5) is 34.1 Å². The average Bonchev–Trinajstić information content (AvgIpc) is 1.55. The number of rotatable bonds is 18. The highest BCUT2D eigenvalue weighted by Crippen LogP contribution is 2.49. The van der Waals surface area contributed by atoms with Crippen LogP contribution < -0.4 is 9.80 Å². The molecule has 0 spiro atoms. The van der Waals surface area contributed by atoms with Crippen LogP contribution in [0.25, 0.3) is 221 Å². The minimum absolute atomic E-state index is 0.854. The Morgan fingerprint density at radius 2 is 0.390 bits per heavy atom. The van der Waals surface area contributed by atoms with Gasteiger partial charge in [-0.05, 0) is 233 Å². The number of furan rings is 2. The van der Waals surface area contributed by atoms with Crippen molar-refractivity contribution < 1.29 is 8.83 Å². The van der Waals surface area contributed by atoms with Crippen LogP contribution >= 0.6 is 0 Å². The van der Waals surface area contributed by atoms with Gasteiger partial charge >= 0.3 is 0 Å². The van der Waals surface area contributed by atoms with E-state index in [-0.39, 0.29) is 0 Å². The van der Waals surface area contributed by atoms with Gasteiger partial charge in [-0.1, -0.05) is 376 Å². The van der Waals surface area contributed by atoms with Crippen molar-refractivity contribution in [3.05, 3.63) is 510 Å². The fourth-order valence-electron chi connectivity index (χ4n) is 21.0. The summed E-state index contributed by atoms with van der Waals surface area (Å²) in [6.07, 6.45) is 0. The molecule has 26 aromatic rings. The predicted molar refractivity (Wildman–Crippen MR) is 571 cm³/mol. The summed E-state index contributed by atoms with van der Waals surface area (Å²) >= 11 is 0. The van der Waals surface area contributed by atoms with Gasteiger partial charge in [-0.2, -0.15) is 0 Å². The molecular formula is C130H84N4O2. The van der Waals surface area contributed by atoms with Crippen LogP contribution in [0.2, 0.25) is 0 Å². The summed E-state index contributed by atoms with van der Waals surface area (Å²) in [5.74, 6) is 0. The van der Waals surface area contributed by atoms with Crippen molar-refractivity contribution in [1.82, 2.24) is 9.13 Å². The van der Waals surface area contributed by atoms with Crippen molar-refractivity contribution in [2.75, 3.05) is 9.80 Å². The first kappa shape index (κ1) is 78.9. The van der Waals surface area contributed by atoms with Crippen LogP contribution in [0.3, 0.4) is 0 Å². The van der Waals surface area contributed by atoms with Gasteiger partial charge in [-0.25, -0.2) is 0 Å². The van der Waals surface area contributed by atoms with Crippen molar-refractivity contribution >= 4 is 132 Å². The van der Waals surface area contributed by atoms with Gasteiger partial charge in [0.15, 0.2) is 0 Å². The van der Waals surface area contributed by atoms with E-state index in [4.69, 9.17) is 8.83 Å². The lowest BCUT2D eigenvalue weighted by atomic mass is 9.89. The molecule has 0 bridgehead atoms. The molecule has 6 heteroatoms. The summed E-state index contributed by atoms with van der Waals surface area (Å²) in [6, 6.07) is 186. The number of nitrogens with zero attached hydrogens (tertiary/aromatic N) is 4. The molecule has 0 saturated heterocycles. The van der Waals surface area contributed by atoms with Gasteiger partial charge in [0.05, 0.1) is 33.4 Å². The van der Waals surface area contributed by atoms with E-state index in [0.29, 0.717) is 0 Å². The Kier molecular flexibility index (Phi) is 19.2. The largest absolute Gasteiger partial charge is 0.455 e. The van der Waals surface area contributed by atoms with Gasteiger partial charge in [0.25, 0.3) is 0 Å². The zero-order chi connectivity index (χ0) is 89.7. The number of anilines is 6. The molecule has 0 fully saturated rings. The third kappa shape index (κ3) is 13.7. The van der Waals surface area contributed by atoms with Crippen molar-refractivity contribution in [3.63, 3.8) is 0 Å². The summed E-state index contributed by atoms with van der Waals surface area (Å²) in [6.45, 7) is 0. The van der Waals surface area contributed by atoms with Crippen LogP contribution in [0, 0.1) is 0 Å². The van der Waals surface area contributed by atoms with Crippen LogP contribution in [-0.2, 0) is 0 Å². The lowest BCUT2D eigenvalue weighted by molar-refractivity contribution is 0.669. The molecule has 0 aliphatic carbocycles. The molecule has 636 valence electrons. The molecule has 0 aliphatic heterocycles. The smallest absolute Gasteiger partial charge is 0.143 e. The Labute approximate surface area is 786 Å². The second-order valence-electron chi connectivity index (χ2n) is 35.3. The monoisotopic (exact) mass is 1730 g/mol. The molecule has 0 atom stereocenters. The molecule has 22 aromatic carbocycles. The average molecular weight is 1730 g/mol. The number of para-hydroxylation sites is 9. The normalized spacial score (nSPS) is 11.7. The third-order valence-corrected chi connectivity index (χ3v) is 27.6. The Morgan fingerprint density at radius 3 is 0.779 bits per heavy atom. The number of fused-ring (bicyclic) bond motifs is 13. The van der Waals surface area contributed by atoms with Crippen LogP contribution in [0.5, 0.6) is 0 Å². The summed E-state index contributed by atoms with van der Waals surface area (Å²) < 4.78 is 18.3. The van der Waals surface area contributed by atoms with E-state index in [1.54, 1.807) is 0 Å². The standard InChI is InChI=1S/C130H84N4O2/c1-2-23-85(24-3-1)86-45-47-87(48-46-86)90-57-69-99(70-58-90)131(103-77-65-94(66-78-103)107-25-6-14-37-121(107)133-123-39-16-8-29-112(123)113-30-9-17-40-124(113)133)100-71-61-92(62-72-100)89-51-55-97(56-52-89)119-83-98(84-120-117-34-13-21-44-128(117)136-130(119)120)106-82-81-105(110-27-4-5-28-111(106)110)93-63-75-102(76-64-93)132(101-73-59-91(60-74-101)88-49-53-96(54-50-88)109-35-22-36-118-116-33-12-20-43-127(116)135-129(109)118)104-79-67-95(68-80-104)108-26-7-15-38-122(108)134-125-41-18-10-31-114(125)115-32-11-19-42-126(115)134/h1-84H. The summed E-state index contributed by atoms with van der Waals surface area (Å²) in [5.41, 5.74) is 39.4. The number of aromatic nitrogens is 2. The lowest BCUT2D eigenvalue weighted by Gasteiger charge is -2.26. The first-order chi connectivity index (χ1) is 67.4. The molecule has 136 heavy (non-hydrogen) atoms. The Morgan fingerprint density at radius 1 is 0.140 bits per heavy atom. The predicted octanol–water partition coefficient (Wildman–Crippen LogP) is 36.4. The van der Waals surface area contributed by atoms with Gasteiger partial charge in [-0.15, -0.1) is 0 Å². The maximum absolute atomic E-state index is 6.93. The Hall–Kier alpha value is -18.1. The maximum atomic E-state index is 6.93. The minimum Gasteiger partial charge on any atom is -0.455 e. The van der Waals surface area contributed by atoms with E-state index in [2.05, 4.69) is 516 Å². The second kappa shape index (κ2) is 33.1. The number of hydrogen-bond acceptors (Lipinski definition) is 4.